The number of hydrogen-bond acceptors (Lipinski definition) is 10. The lowest BCUT2D eigenvalue weighted by molar-refractivity contribution is 0.609. The second-order valence-corrected chi connectivity index (χ2v) is 25.5. The van der Waals surface area contributed by atoms with Gasteiger partial charge in [0.25, 0.3) is 0 Å². The Hall–Kier alpha value is -4.48. The summed E-state index contributed by atoms with van der Waals surface area (Å²) >= 11 is 7.54. The van der Waals surface area contributed by atoms with Crippen molar-refractivity contribution in [1.29, 1.82) is 0 Å². The van der Waals surface area contributed by atoms with Gasteiger partial charge >= 0.3 is 0 Å². The van der Waals surface area contributed by atoms with Crippen LogP contribution in [0.3, 0.4) is 0 Å². The van der Waals surface area contributed by atoms with Gasteiger partial charge in [0, 0.05) is 19.5 Å². The molecule has 6 nitrogen and oxygen atoms in total. The van der Waals surface area contributed by atoms with Crippen molar-refractivity contribution in [3.8, 4) is 42.3 Å². The van der Waals surface area contributed by atoms with Gasteiger partial charge in [0.2, 0.25) is 0 Å². The average Bonchev–Trinajstić information content (AvgIpc) is 4.27. The molecule has 0 spiro atoms. The lowest BCUT2D eigenvalue weighted by atomic mass is 10.1. The average molecular weight is 1060 g/mol. The number of aryl methyl sites for hydroxylation is 4. The highest BCUT2D eigenvalue weighted by Gasteiger charge is 2.21. The minimum atomic E-state index is 0.809. The number of aromatic nitrogens is 6. The van der Waals surface area contributed by atoms with Crippen LogP contribution >= 0.6 is 45.3 Å². The molecule has 0 N–H and O–H groups in total. The first kappa shape index (κ1) is 54.3. The van der Waals surface area contributed by atoms with Crippen LogP contribution in [0.5, 0.6) is 0 Å². The van der Waals surface area contributed by atoms with Crippen LogP contribution in [0.2, 0.25) is 0 Å². The second kappa shape index (κ2) is 28.1. The number of hydrogen-bond donors (Lipinski definition) is 0. The van der Waals surface area contributed by atoms with Crippen molar-refractivity contribution in [2.24, 2.45) is 0 Å². The van der Waals surface area contributed by atoms with Crippen molar-refractivity contribution < 1.29 is 0 Å². The summed E-state index contributed by atoms with van der Waals surface area (Å²) < 4.78 is 0. The van der Waals surface area contributed by atoms with Crippen LogP contribution in [-0.2, 0) is 25.7 Å². The molecule has 0 unspecified atom stereocenters. The fourth-order valence-electron chi connectivity index (χ4n) is 10.3. The molecule has 10 heteroatoms. The Morgan fingerprint density at radius 1 is 0.243 bits per heavy atom. The normalized spacial score (nSPS) is 11.9. The first-order chi connectivity index (χ1) is 36.5. The molecule has 0 aliphatic heterocycles. The van der Waals surface area contributed by atoms with Gasteiger partial charge in [-0.25, -0.2) is 29.9 Å². The number of unbranched alkanes of at least 4 members (excludes halogenated alkanes) is 20. The summed E-state index contributed by atoms with van der Waals surface area (Å²) in [5.41, 5.74) is 10.5. The largest absolute Gasteiger partial charge is 0.244 e. The van der Waals surface area contributed by atoms with Crippen molar-refractivity contribution in [1.82, 2.24) is 29.9 Å². The summed E-state index contributed by atoms with van der Waals surface area (Å²) in [7, 11) is 0. The maximum absolute atomic E-state index is 5.48. The van der Waals surface area contributed by atoms with E-state index in [9.17, 15) is 0 Å². The number of nitrogens with zero attached hydrogens (tertiary/aromatic N) is 6. The maximum atomic E-state index is 5.48. The van der Waals surface area contributed by atoms with Crippen molar-refractivity contribution in [3.63, 3.8) is 0 Å². The summed E-state index contributed by atoms with van der Waals surface area (Å²) in [5.74, 6) is 0. The van der Waals surface area contributed by atoms with Gasteiger partial charge in [-0.3, -0.25) is 0 Å². The molecule has 390 valence electrons. The monoisotopic (exact) mass is 1060 g/mol. The Labute approximate surface area is 458 Å². The quantitative estimate of drug-likeness (QED) is 0.0309. The van der Waals surface area contributed by atoms with E-state index in [0.29, 0.717) is 0 Å². The van der Waals surface area contributed by atoms with Gasteiger partial charge in [-0.2, -0.15) is 0 Å². The van der Waals surface area contributed by atoms with Crippen LogP contribution in [0.25, 0.3) is 86.4 Å². The highest BCUT2D eigenvalue weighted by Crippen LogP contribution is 2.41. The summed E-state index contributed by atoms with van der Waals surface area (Å²) in [6, 6.07) is 26.8. The van der Waals surface area contributed by atoms with Gasteiger partial charge in [-0.15, -0.1) is 45.3 Å². The molecular weight excluding hydrogens is 981 g/mol. The smallest absolute Gasteiger partial charge is 0.108 e. The molecule has 7 heterocycles. The van der Waals surface area contributed by atoms with Gasteiger partial charge < -0.3 is 0 Å². The van der Waals surface area contributed by atoms with Crippen LogP contribution < -0.4 is 0 Å². The van der Waals surface area contributed by atoms with Gasteiger partial charge in [-0.05, 0) is 124 Å². The predicted molar refractivity (Wildman–Crippen MR) is 325 cm³/mol. The van der Waals surface area contributed by atoms with E-state index in [1.807, 2.05) is 45.3 Å². The summed E-state index contributed by atoms with van der Waals surface area (Å²) in [4.78, 5) is 42.9. The summed E-state index contributed by atoms with van der Waals surface area (Å²) in [5, 5.41) is 0. The molecule has 0 saturated carbocycles. The zero-order valence-corrected chi connectivity index (χ0v) is 48.3. The molecule has 0 atom stereocenters. The third kappa shape index (κ3) is 14.5. The fraction of sp³-hybridized carbons (Fsp3) is 0.500. The number of fused-ring (bicyclic) bond motifs is 4. The van der Waals surface area contributed by atoms with Crippen LogP contribution in [0.15, 0.2) is 72.8 Å². The van der Waals surface area contributed by atoms with Gasteiger partial charge in [0.05, 0.1) is 63.6 Å². The molecular formula is C64H80N6S4. The number of thiophene rings is 4. The van der Waals surface area contributed by atoms with E-state index < -0.39 is 0 Å². The number of rotatable bonds is 32. The lowest BCUT2D eigenvalue weighted by Gasteiger charge is -2.10. The van der Waals surface area contributed by atoms with E-state index in [1.54, 1.807) is 0 Å². The van der Waals surface area contributed by atoms with Gasteiger partial charge in [0.1, 0.15) is 22.8 Å². The second-order valence-electron chi connectivity index (χ2n) is 20.9. The standard InChI is InChI=1S/C64H80N6S4/c1-5-9-13-17-21-25-29-45-33-37-57(71-45)61-62(58-38-34-46(72-58)30-26-22-18-14-10-6-2)68-54-42-50-49(41-53(54)67-61)65-51-43-55-56(44-52(51)66-50)70-64(60-40-36-48(74-60)32-28-24-20-16-12-8-4)63(69-55)59-39-35-47(73-59)31-27-23-19-15-11-7-3/h33-44H,5-32H2,1-4H3. The van der Waals surface area contributed by atoms with Gasteiger partial charge in [-0.1, -0.05) is 156 Å². The third-order valence-corrected chi connectivity index (χ3v) is 19.3. The zero-order chi connectivity index (χ0) is 50.9. The number of benzene rings is 2. The minimum Gasteiger partial charge on any atom is -0.244 e. The van der Waals surface area contributed by atoms with Gasteiger partial charge in [0.15, 0.2) is 0 Å². The molecule has 74 heavy (non-hydrogen) atoms. The molecule has 0 bridgehead atoms. The van der Waals surface area contributed by atoms with E-state index in [1.165, 1.54) is 193 Å². The maximum Gasteiger partial charge on any atom is 0.108 e. The molecule has 0 saturated heterocycles. The van der Waals surface area contributed by atoms with Crippen LogP contribution in [-0.4, -0.2) is 29.9 Å². The van der Waals surface area contributed by atoms with E-state index >= 15 is 0 Å². The van der Waals surface area contributed by atoms with E-state index in [-0.39, 0.29) is 0 Å². The first-order valence-corrected chi connectivity index (χ1v) is 32.3. The molecule has 9 aromatic rings. The van der Waals surface area contributed by atoms with Crippen molar-refractivity contribution >= 4 is 89.5 Å². The molecule has 2 aromatic carbocycles. The third-order valence-electron chi connectivity index (χ3n) is 14.7. The Morgan fingerprint density at radius 3 is 0.676 bits per heavy atom. The highest BCUT2D eigenvalue weighted by molar-refractivity contribution is 7.17. The lowest BCUT2D eigenvalue weighted by Crippen LogP contribution is -1.97. The molecule has 0 aliphatic rings. The Balaban J connectivity index is 1.05. The predicted octanol–water partition coefficient (Wildman–Crippen LogP) is 21.2. The molecule has 0 aliphatic carbocycles. The Morgan fingerprint density at radius 2 is 0.446 bits per heavy atom. The Bertz CT molecular complexity index is 2760. The van der Waals surface area contributed by atoms with E-state index in [4.69, 9.17) is 29.9 Å². The van der Waals surface area contributed by atoms with E-state index in [0.717, 1.165) is 92.6 Å². The van der Waals surface area contributed by atoms with Crippen molar-refractivity contribution in [3.05, 3.63) is 92.3 Å². The summed E-state index contributed by atoms with van der Waals surface area (Å²) in [6.07, 6.45) is 35.8. The van der Waals surface area contributed by atoms with Crippen LogP contribution in [0.1, 0.15) is 201 Å². The SMILES string of the molecule is CCCCCCCCc1ccc(-c2nc3cc4nc5cc6nc(-c7ccc(CCCCCCCC)s7)c(-c7ccc(CCCCCCCC)s7)nc6cc5nc4cc3nc2-c2ccc(CCCCCCCC)s2)s1. The first-order valence-electron chi connectivity index (χ1n) is 29.0. The molecule has 0 amide bonds. The molecule has 0 radical (unpaired) electrons. The van der Waals surface area contributed by atoms with Crippen molar-refractivity contribution in [2.45, 2.75) is 207 Å². The minimum absolute atomic E-state index is 0.809. The fourth-order valence-corrected chi connectivity index (χ4v) is 14.5. The summed E-state index contributed by atoms with van der Waals surface area (Å²) in [6.45, 7) is 9.16. The van der Waals surface area contributed by atoms with Crippen LogP contribution in [0, 0.1) is 0 Å². The van der Waals surface area contributed by atoms with Crippen molar-refractivity contribution in [2.75, 3.05) is 0 Å². The highest BCUT2D eigenvalue weighted by atomic mass is 32.1. The zero-order valence-electron chi connectivity index (χ0n) is 45.0. The Kier molecular flexibility index (Phi) is 20.6. The molecule has 7 aromatic heterocycles. The van der Waals surface area contributed by atoms with E-state index in [2.05, 4.69) is 100 Å². The molecule has 0 fully saturated rings. The molecule has 9 rings (SSSR count). The van der Waals surface area contributed by atoms with Crippen LogP contribution in [0.4, 0.5) is 0 Å². The topological polar surface area (TPSA) is 77.3 Å².